The second-order valence-corrected chi connectivity index (χ2v) is 5.64. The van der Waals surface area contributed by atoms with Crippen LogP contribution in [0.15, 0.2) is 24.3 Å². The van der Waals surface area contributed by atoms with Gasteiger partial charge in [-0.1, -0.05) is 39.8 Å². The number of nitrogens with one attached hydrogen (secondary N) is 1. The van der Waals surface area contributed by atoms with Crippen LogP contribution >= 0.6 is 0 Å². The maximum absolute atomic E-state index is 5.86. The second-order valence-electron chi connectivity index (χ2n) is 5.64. The van der Waals surface area contributed by atoms with E-state index in [1.54, 1.807) is 7.11 Å². The predicted octanol–water partition coefficient (Wildman–Crippen LogP) is 3.10. The lowest BCUT2D eigenvalue weighted by molar-refractivity contribution is 0.169. The minimum atomic E-state index is 0.0884. The molecule has 0 saturated heterocycles. The molecule has 1 rings (SSSR count). The molecule has 1 aromatic carbocycles. The van der Waals surface area contributed by atoms with Crippen LogP contribution < -0.4 is 14.8 Å². The molecule has 102 valence electrons. The molecule has 0 amide bonds. The Balaban J connectivity index is 2.53. The summed E-state index contributed by atoms with van der Waals surface area (Å²) < 4.78 is 11.1. The molecule has 0 aliphatic carbocycles. The lowest BCUT2D eigenvalue weighted by Gasteiger charge is -2.26. The Morgan fingerprint density at radius 2 is 1.78 bits per heavy atom. The van der Waals surface area contributed by atoms with E-state index < -0.39 is 0 Å². The molecular weight excluding hydrogens is 226 g/mol. The minimum Gasteiger partial charge on any atom is -0.493 e. The summed E-state index contributed by atoms with van der Waals surface area (Å²) >= 11 is 0. The van der Waals surface area contributed by atoms with Gasteiger partial charge in [-0.25, -0.2) is 0 Å². The SMILES string of the molecule is COc1ccccc1OCC(C)(C)CNC(C)C. The van der Waals surface area contributed by atoms with Crippen LogP contribution in [0.5, 0.6) is 11.5 Å². The molecule has 3 heteroatoms. The topological polar surface area (TPSA) is 30.5 Å². The molecule has 0 fully saturated rings. The number of methoxy groups -OCH3 is 1. The minimum absolute atomic E-state index is 0.0884. The van der Waals surface area contributed by atoms with Crippen LogP contribution in [-0.2, 0) is 0 Å². The van der Waals surface area contributed by atoms with E-state index in [0.717, 1.165) is 18.0 Å². The van der Waals surface area contributed by atoms with Crippen molar-refractivity contribution < 1.29 is 9.47 Å². The molecule has 0 atom stereocenters. The average molecular weight is 251 g/mol. The number of ether oxygens (including phenoxy) is 2. The molecule has 0 aliphatic heterocycles. The first-order valence-corrected chi connectivity index (χ1v) is 6.44. The summed E-state index contributed by atoms with van der Waals surface area (Å²) in [6.07, 6.45) is 0. The van der Waals surface area contributed by atoms with Crippen LogP contribution in [0.4, 0.5) is 0 Å². The number of para-hydroxylation sites is 2. The lowest BCUT2D eigenvalue weighted by Crippen LogP contribution is -2.37. The van der Waals surface area contributed by atoms with Crippen molar-refractivity contribution in [2.45, 2.75) is 33.7 Å². The number of hydrogen-bond donors (Lipinski definition) is 1. The van der Waals surface area contributed by atoms with Crippen molar-refractivity contribution in [1.29, 1.82) is 0 Å². The molecule has 1 aromatic rings. The summed E-state index contributed by atoms with van der Waals surface area (Å²) in [4.78, 5) is 0. The molecular formula is C15H25NO2. The quantitative estimate of drug-likeness (QED) is 0.807. The van der Waals surface area contributed by atoms with E-state index in [-0.39, 0.29) is 5.41 Å². The van der Waals surface area contributed by atoms with Crippen LogP contribution in [0.3, 0.4) is 0 Å². The smallest absolute Gasteiger partial charge is 0.161 e. The Kier molecular flexibility index (Phi) is 5.48. The van der Waals surface area contributed by atoms with Gasteiger partial charge in [-0.2, -0.15) is 0 Å². The van der Waals surface area contributed by atoms with Gasteiger partial charge in [0.2, 0.25) is 0 Å². The normalized spacial score (nSPS) is 11.7. The van der Waals surface area contributed by atoms with Gasteiger partial charge in [0.1, 0.15) is 0 Å². The molecule has 0 aromatic heterocycles. The molecule has 18 heavy (non-hydrogen) atoms. The van der Waals surface area contributed by atoms with Crippen LogP contribution in [0.25, 0.3) is 0 Å². The van der Waals surface area contributed by atoms with E-state index >= 15 is 0 Å². The standard InChI is InChI=1S/C15H25NO2/c1-12(2)16-10-15(3,4)11-18-14-9-7-6-8-13(14)17-5/h6-9,12,16H,10-11H2,1-5H3. The molecule has 0 spiro atoms. The summed E-state index contributed by atoms with van der Waals surface area (Å²) in [5.41, 5.74) is 0.0884. The van der Waals surface area contributed by atoms with Gasteiger partial charge < -0.3 is 14.8 Å². The predicted molar refractivity (Wildman–Crippen MR) is 75.4 cm³/mol. The van der Waals surface area contributed by atoms with Crippen molar-refractivity contribution in [3.63, 3.8) is 0 Å². The van der Waals surface area contributed by atoms with E-state index in [1.807, 2.05) is 24.3 Å². The van der Waals surface area contributed by atoms with Gasteiger partial charge in [-0.05, 0) is 12.1 Å². The zero-order valence-electron chi connectivity index (χ0n) is 12.1. The third-order valence-corrected chi connectivity index (χ3v) is 2.68. The van der Waals surface area contributed by atoms with E-state index in [4.69, 9.17) is 9.47 Å². The number of hydrogen-bond acceptors (Lipinski definition) is 3. The van der Waals surface area contributed by atoms with E-state index in [0.29, 0.717) is 12.6 Å². The van der Waals surface area contributed by atoms with Crippen molar-refractivity contribution in [1.82, 2.24) is 5.32 Å². The summed E-state index contributed by atoms with van der Waals surface area (Å²) in [6.45, 7) is 10.3. The third-order valence-electron chi connectivity index (χ3n) is 2.68. The van der Waals surface area contributed by atoms with Crippen molar-refractivity contribution in [2.24, 2.45) is 5.41 Å². The van der Waals surface area contributed by atoms with Crippen LogP contribution in [0.2, 0.25) is 0 Å². The Hall–Kier alpha value is -1.22. The Morgan fingerprint density at radius 1 is 1.17 bits per heavy atom. The fourth-order valence-corrected chi connectivity index (χ4v) is 1.54. The first kappa shape index (κ1) is 14.8. The van der Waals surface area contributed by atoms with Gasteiger partial charge in [-0.3, -0.25) is 0 Å². The number of benzene rings is 1. The highest BCUT2D eigenvalue weighted by atomic mass is 16.5. The highest BCUT2D eigenvalue weighted by molar-refractivity contribution is 5.39. The van der Waals surface area contributed by atoms with E-state index in [9.17, 15) is 0 Å². The fraction of sp³-hybridized carbons (Fsp3) is 0.600. The molecule has 0 bridgehead atoms. The maximum atomic E-state index is 5.86. The van der Waals surface area contributed by atoms with Crippen LogP contribution in [-0.4, -0.2) is 26.3 Å². The first-order chi connectivity index (χ1) is 8.44. The van der Waals surface area contributed by atoms with Crippen LogP contribution in [0, 0.1) is 5.41 Å². The molecule has 1 N–H and O–H groups in total. The maximum Gasteiger partial charge on any atom is 0.161 e. The van der Waals surface area contributed by atoms with Crippen molar-refractivity contribution in [3.8, 4) is 11.5 Å². The summed E-state index contributed by atoms with van der Waals surface area (Å²) in [5.74, 6) is 1.59. The molecule has 0 heterocycles. The second kappa shape index (κ2) is 6.64. The Bertz CT molecular complexity index is 361. The van der Waals surface area contributed by atoms with E-state index in [1.165, 1.54) is 0 Å². The molecule has 0 unspecified atom stereocenters. The number of rotatable bonds is 7. The van der Waals surface area contributed by atoms with Crippen LogP contribution in [0.1, 0.15) is 27.7 Å². The molecule has 3 nitrogen and oxygen atoms in total. The van der Waals surface area contributed by atoms with Gasteiger partial charge >= 0.3 is 0 Å². The third kappa shape index (κ3) is 4.96. The summed E-state index contributed by atoms with van der Waals surface area (Å²) in [5, 5.41) is 3.44. The van der Waals surface area contributed by atoms with Crippen molar-refractivity contribution in [2.75, 3.05) is 20.3 Å². The molecule has 0 saturated carbocycles. The first-order valence-electron chi connectivity index (χ1n) is 6.44. The zero-order chi connectivity index (χ0) is 13.6. The zero-order valence-corrected chi connectivity index (χ0v) is 12.1. The van der Waals surface area contributed by atoms with Gasteiger partial charge in [0, 0.05) is 18.0 Å². The van der Waals surface area contributed by atoms with Crippen molar-refractivity contribution in [3.05, 3.63) is 24.3 Å². The largest absolute Gasteiger partial charge is 0.493 e. The Morgan fingerprint density at radius 3 is 2.33 bits per heavy atom. The highest BCUT2D eigenvalue weighted by Crippen LogP contribution is 2.27. The van der Waals surface area contributed by atoms with Gasteiger partial charge in [0.15, 0.2) is 11.5 Å². The van der Waals surface area contributed by atoms with Crippen molar-refractivity contribution >= 4 is 0 Å². The lowest BCUT2D eigenvalue weighted by atomic mass is 9.94. The highest BCUT2D eigenvalue weighted by Gasteiger charge is 2.19. The Labute approximate surface area is 110 Å². The summed E-state index contributed by atoms with van der Waals surface area (Å²) in [6, 6.07) is 8.24. The fourth-order valence-electron chi connectivity index (χ4n) is 1.54. The molecule has 0 radical (unpaired) electrons. The molecule has 0 aliphatic rings. The van der Waals surface area contributed by atoms with Gasteiger partial charge in [0.05, 0.1) is 13.7 Å². The van der Waals surface area contributed by atoms with E-state index in [2.05, 4.69) is 33.0 Å². The van der Waals surface area contributed by atoms with Gasteiger partial charge in [-0.15, -0.1) is 0 Å². The average Bonchev–Trinajstić information content (AvgIpc) is 2.34. The summed E-state index contributed by atoms with van der Waals surface area (Å²) in [7, 11) is 1.66. The van der Waals surface area contributed by atoms with Gasteiger partial charge in [0.25, 0.3) is 0 Å². The monoisotopic (exact) mass is 251 g/mol.